The standard InChI is InChI=1S/C7H6FOS/c1-9-5-2-3-6(8)7(10)4-5/h2-4H,1H3. The molecule has 0 bridgehead atoms. The maximum absolute atomic E-state index is 12.5. The first-order valence-corrected chi connectivity index (χ1v) is 3.15. The summed E-state index contributed by atoms with van der Waals surface area (Å²) in [5, 5.41) is 0. The summed E-state index contributed by atoms with van der Waals surface area (Å²) >= 11 is 4.65. The molecule has 1 aromatic carbocycles. The topological polar surface area (TPSA) is 9.23 Å². The van der Waals surface area contributed by atoms with Crippen LogP contribution in [0.3, 0.4) is 0 Å². The Hall–Kier alpha value is -0.830. The summed E-state index contributed by atoms with van der Waals surface area (Å²) in [4.78, 5) is 0.194. The van der Waals surface area contributed by atoms with E-state index in [0.29, 0.717) is 5.75 Å². The van der Waals surface area contributed by atoms with Crippen molar-refractivity contribution in [3.8, 4) is 5.75 Å². The van der Waals surface area contributed by atoms with E-state index in [0.717, 1.165) is 0 Å². The second-order valence-electron chi connectivity index (χ2n) is 1.80. The molecule has 0 aliphatic rings. The van der Waals surface area contributed by atoms with Crippen molar-refractivity contribution in [3.63, 3.8) is 0 Å². The number of ether oxygens (including phenoxy) is 1. The van der Waals surface area contributed by atoms with Crippen LogP contribution >= 0.6 is 12.6 Å². The number of rotatable bonds is 1. The molecule has 0 aliphatic heterocycles. The van der Waals surface area contributed by atoms with Gasteiger partial charge < -0.3 is 4.74 Å². The second-order valence-corrected chi connectivity index (χ2v) is 2.24. The van der Waals surface area contributed by atoms with E-state index < -0.39 is 0 Å². The minimum atomic E-state index is -0.379. The van der Waals surface area contributed by atoms with Crippen molar-refractivity contribution in [2.75, 3.05) is 7.11 Å². The number of hydrogen-bond acceptors (Lipinski definition) is 1. The van der Waals surface area contributed by atoms with Gasteiger partial charge in [0.05, 0.1) is 12.0 Å². The van der Waals surface area contributed by atoms with Gasteiger partial charge in [-0.2, -0.15) is 0 Å². The highest BCUT2D eigenvalue weighted by Gasteiger charge is 1.98. The Morgan fingerprint density at radius 2 is 2.20 bits per heavy atom. The molecule has 0 aromatic heterocycles. The maximum Gasteiger partial charge on any atom is 0.141 e. The van der Waals surface area contributed by atoms with Crippen molar-refractivity contribution in [2.45, 2.75) is 4.90 Å². The van der Waals surface area contributed by atoms with E-state index in [1.807, 2.05) is 0 Å². The van der Waals surface area contributed by atoms with Gasteiger partial charge in [-0.15, -0.1) is 0 Å². The van der Waals surface area contributed by atoms with Crippen LogP contribution in [0.2, 0.25) is 0 Å². The molecule has 0 N–H and O–H groups in total. The third-order valence-corrected chi connectivity index (χ3v) is 1.45. The SMILES string of the molecule is COc1ccc(F)c([S])c1. The van der Waals surface area contributed by atoms with E-state index in [1.54, 1.807) is 0 Å². The van der Waals surface area contributed by atoms with E-state index in [2.05, 4.69) is 12.6 Å². The highest BCUT2D eigenvalue weighted by Crippen LogP contribution is 2.18. The van der Waals surface area contributed by atoms with Gasteiger partial charge >= 0.3 is 0 Å². The lowest BCUT2D eigenvalue weighted by molar-refractivity contribution is 0.412. The Labute approximate surface area is 64.2 Å². The lowest BCUT2D eigenvalue weighted by Gasteiger charge is -1.98. The Kier molecular flexibility index (Phi) is 2.06. The summed E-state index contributed by atoms with van der Waals surface area (Å²) in [6, 6.07) is 4.30. The lowest BCUT2D eigenvalue weighted by Crippen LogP contribution is -1.83. The highest BCUT2D eigenvalue weighted by molar-refractivity contribution is 7.80. The first-order chi connectivity index (χ1) is 4.74. The molecule has 0 fully saturated rings. The molecule has 0 saturated carbocycles. The molecule has 0 amide bonds. The Morgan fingerprint density at radius 3 is 2.70 bits per heavy atom. The lowest BCUT2D eigenvalue weighted by atomic mass is 10.3. The van der Waals surface area contributed by atoms with Gasteiger partial charge in [0.2, 0.25) is 0 Å². The third kappa shape index (κ3) is 1.36. The quantitative estimate of drug-likeness (QED) is 0.608. The van der Waals surface area contributed by atoms with E-state index in [4.69, 9.17) is 4.74 Å². The average molecular weight is 157 g/mol. The Bertz CT molecular complexity index is 237. The second kappa shape index (κ2) is 2.84. The number of methoxy groups -OCH3 is 1. The monoisotopic (exact) mass is 157 g/mol. The zero-order valence-electron chi connectivity index (χ0n) is 5.43. The molecular formula is C7H6FOS. The molecule has 1 radical (unpaired) electrons. The highest BCUT2D eigenvalue weighted by atomic mass is 32.1. The molecule has 1 rings (SSSR count). The van der Waals surface area contributed by atoms with Crippen molar-refractivity contribution in [2.24, 2.45) is 0 Å². The largest absolute Gasteiger partial charge is 0.497 e. The number of benzene rings is 1. The van der Waals surface area contributed by atoms with Crippen LogP contribution in [0.5, 0.6) is 5.75 Å². The van der Waals surface area contributed by atoms with Gasteiger partial charge in [-0.1, -0.05) is 12.6 Å². The fraction of sp³-hybridized carbons (Fsp3) is 0.143. The normalized spacial score (nSPS) is 9.40. The molecule has 1 nitrogen and oxygen atoms in total. The minimum Gasteiger partial charge on any atom is -0.497 e. The van der Waals surface area contributed by atoms with Crippen LogP contribution in [-0.4, -0.2) is 7.11 Å². The minimum absolute atomic E-state index is 0.194. The van der Waals surface area contributed by atoms with Gasteiger partial charge in [-0.05, 0) is 12.1 Å². The van der Waals surface area contributed by atoms with Crippen molar-refractivity contribution in [3.05, 3.63) is 24.0 Å². The summed E-state index contributed by atoms with van der Waals surface area (Å²) < 4.78 is 17.3. The van der Waals surface area contributed by atoms with Crippen LogP contribution in [0.15, 0.2) is 23.1 Å². The summed E-state index contributed by atoms with van der Waals surface area (Å²) in [6.45, 7) is 0. The van der Waals surface area contributed by atoms with Crippen molar-refractivity contribution >= 4 is 12.6 Å². The zero-order valence-corrected chi connectivity index (χ0v) is 6.24. The van der Waals surface area contributed by atoms with Gasteiger partial charge in [0.25, 0.3) is 0 Å². The van der Waals surface area contributed by atoms with Gasteiger partial charge in [0, 0.05) is 6.07 Å². The summed E-state index contributed by atoms with van der Waals surface area (Å²) in [5.41, 5.74) is 0. The van der Waals surface area contributed by atoms with Crippen molar-refractivity contribution in [1.29, 1.82) is 0 Å². The predicted octanol–water partition coefficient (Wildman–Crippen LogP) is 2.39. The van der Waals surface area contributed by atoms with Gasteiger partial charge in [0.1, 0.15) is 11.6 Å². The molecule has 0 spiro atoms. The fourth-order valence-electron chi connectivity index (χ4n) is 0.611. The zero-order chi connectivity index (χ0) is 7.56. The van der Waals surface area contributed by atoms with Crippen molar-refractivity contribution < 1.29 is 9.13 Å². The average Bonchev–Trinajstić information content (AvgIpc) is 1.95. The van der Waals surface area contributed by atoms with Crippen LogP contribution in [0.1, 0.15) is 0 Å². The molecule has 0 unspecified atom stereocenters. The van der Waals surface area contributed by atoms with Crippen LogP contribution in [-0.2, 0) is 0 Å². The van der Waals surface area contributed by atoms with E-state index in [9.17, 15) is 4.39 Å². The van der Waals surface area contributed by atoms with Crippen LogP contribution in [0.25, 0.3) is 0 Å². The van der Waals surface area contributed by atoms with Crippen molar-refractivity contribution in [1.82, 2.24) is 0 Å². The summed E-state index contributed by atoms with van der Waals surface area (Å²) in [5.74, 6) is 0.210. The molecule has 10 heavy (non-hydrogen) atoms. The molecule has 0 aliphatic carbocycles. The number of hydrogen-bond donors (Lipinski definition) is 0. The maximum atomic E-state index is 12.5. The van der Waals surface area contributed by atoms with Gasteiger partial charge in [-0.25, -0.2) is 4.39 Å². The first-order valence-electron chi connectivity index (χ1n) is 2.74. The Morgan fingerprint density at radius 1 is 1.50 bits per heavy atom. The van der Waals surface area contributed by atoms with E-state index in [-0.39, 0.29) is 10.7 Å². The molecule has 0 saturated heterocycles. The van der Waals surface area contributed by atoms with Crippen LogP contribution in [0.4, 0.5) is 4.39 Å². The first kappa shape index (κ1) is 7.28. The molecule has 3 heteroatoms. The smallest absolute Gasteiger partial charge is 0.141 e. The predicted molar refractivity (Wildman–Crippen MR) is 38.8 cm³/mol. The van der Waals surface area contributed by atoms with Crippen LogP contribution in [0, 0.1) is 5.82 Å². The Balaban J connectivity index is 3.04. The fourth-order valence-corrected chi connectivity index (χ4v) is 0.795. The number of halogens is 1. The summed E-state index contributed by atoms with van der Waals surface area (Å²) in [7, 11) is 1.52. The molecule has 1 aromatic rings. The van der Waals surface area contributed by atoms with Gasteiger partial charge in [0.15, 0.2) is 0 Å². The summed E-state index contributed by atoms with van der Waals surface area (Å²) in [6.07, 6.45) is 0. The molecule has 0 heterocycles. The van der Waals surface area contributed by atoms with E-state index >= 15 is 0 Å². The van der Waals surface area contributed by atoms with E-state index in [1.165, 1.54) is 25.3 Å². The van der Waals surface area contributed by atoms with Crippen LogP contribution < -0.4 is 4.74 Å². The molecular weight excluding hydrogens is 151 g/mol. The molecule has 0 atom stereocenters. The van der Waals surface area contributed by atoms with Gasteiger partial charge in [-0.3, -0.25) is 0 Å². The third-order valence-electron chi connectivity index (χ3n) is 1.14. The molecule has 53 valence electrons.